The molecule has 8 nitrogen and oxygen atoms in total. The fourth-order valence-corrected chi connectivity index (χ4v) is 4.78. The van der Waals surface area contributed by atoms with Gasteiger partial charge in [-0.3, -0.25) is 24.7 Å². The molecular formula is C20H25ClFN5O3. The zero-order valence-electron chi connectivity index (χ0n) is 16.9. The Hall–Kier alpha value is -2.52. The Kier molecular flexibility index (Phi) is 6.42. The van der Waals surface area contributed by atoms with Crippen molar-refractivity contribution in [3.8, 4) is 0 Å². The van der Waals surface area contributed by atoms with Gasteiger partial charge in [-0.05, 0) is 49.8 Å². The average Bonchev–Trinajstić information content (AvgIpc) is 3.18. The summed E-state index contributed by atoms with van der Waals surface area (Å²) >= 11 is 6.08. The third kappa shape index (κ3) is 3.79. The summed E-state index contributed by atoms with van der Waals surface area (Å²) in [5, 5.41) is 5.69. The maximum atomic E-state index is 13.3. The van der Waals surface area contributed by atoms with Crippen LogP contribution < -0.4 is 21.3 Å². The third-order valence-electron chi connectivity index (χ3n) is 6.09. The molecule has 30 heavy (non-hydrogen) atoms. The van der Waals surface area contributed by atoms with E-state index in [1.54, 1.807) is 7.05 Å². The second kappa shape index (κ2) is 8.69. The first-order valence-corrected chi connectivity index (χ1v) is 10.1. The number of rotatable bonds is 5. The number of nitrogens with zero attached hydrogens (tertiary/aromatic N) is 2. The SMILES string of the molecule is CNC(=O)C1=NCNC1(C(N)=O)C1CCC(C(=O)N(C)c2ccc(F)cc2Cl)CC1. The summed E-state index contributed by atoms with van der Waals surface area (Å²) in [6.45, 7) is 0.135. The van der Waals surface area contributed by atoms with Crippen LogP contribution in [0.15, 0.2) is 23.2 Å². The van der Waals surface area contributed by atoms with E-state index < -0.39 is 23.2 Å². The Morgan fingerprint density at radius 3 is 2.53 bits per heavy atom. The molecule has 1 aliphatic heterocycles. The monoisotopic (exact) mass is 437 g/mol. The van der Waals surface area contributed by atoms with Crippen molar-refractivity contribution in [1.82, 2.24) is 10.6 Å². The topological polar surface area (TPSA) is 117 Å². The van der Waals surface area contributed by atoms with Gasteiger partial charge in [-0.25, -0.2) is 4.39 Å². The molecule has 0 radical (unpaired) electrons. The molecule has 0 bridgehead atoms. The molecule has 2 aliphatic rings. The molecule has 0 spiro atoms. The Labute approximate surface area is 179 Å². The maximum absolute atomic E-state index is 13.3. The van der Waals surface area contributed by atoms with Crippen LogP contribution in [0.2, 0.25) is 5.02 Å². The first kappa shape index (κ1) is 22.2. The molecule has 1 aromatic carbocycles. The van der Waals surface area contributed by atoms with Crippen LogP contribution in [0.25, 0.3) is 0 Å². The highest BCUT2D eigenvalue weighted by Crippen LogP contribution is 2.39. The van der Waals surface area contributed by atoms with E-state index >= 15 is 0 Å². The van der Waals surface area contributed by atoms with Crippen LogP contribution in [0, 0.1) is 17.7 Å². The van der Waals surface area contributed by atoms with Crippen LogP contribution in [0.5, 0.6) is 0 Å². The highest BCUT2D eigenvalue weighted by molar-refractivity contribution is 6.47. The molecule has 162 valence electrons. The lowest BCUT2D eigenvalue weighted by Crippen LogP contribution is -2.65. The largest absolute Gasteiger partial charge is 0.368 e. The minimum absolute atomic E-state index is 0.0995. The van der Waals surface area contributed by atoms with E-state index in [0.717, 1.165) is 0 Å². The number of aliphatic imine (C=N–C) groups is 1. The molecule has 1 saturated carbocycles. The molecule has 1 aliphatic carbocycles. The van der Waals surface area contributed by atoms with Crippen LogP contribution in [0.3, 0.4) is 0 Å². The van der Waals surface area contributed by atoms with Crippen LogP contribution in [0.4, 0.5) is 10.1 Å². The number of hydrogen-bond donors (Lipinski definition) is 3. The van der Waals surface area contributed by atoms with Crippen molar-refractivity contribution in [3.05, 3.63) is 29.0 Å². The van der Waals surface area contributed by atoms with E-state index in [1.165, 1.54) is 30.1 Å². The van der Waals surface area contributed by atoms with Gasteiger partial charge in [-0.1, -0.05) is 11.6 Å². The van der Waals surface area contributed by atoms with E-state index in [1.807, 2.05) is 0 Å². The van der Waals surface area contributed by atoms with Crippen molar-refractivity contribution in [2.75, 3.05) is 25.7 Å². The van der Waals surface area contributed by atoms with Gasteiger partial charge in [0, 0.05) is 20.0 Å². The smallest absolute Gasteiger partial charge is 0.267 e. The van der Waals surface area contributed by atoms with E-state index in [-0.39, 0.29) is 35.1 Å². The van der Waals surface area contributed by atoms with E-state index in [2.05, 4.69) is 15.6 Å². The lowest BCUT2D eigenvalue weighted by molar-refractivity contribution is -0.126. The summed E-state index contributed by atoms with van der Waals surface area (Å²) in [6.07, 6.45) is 2.08. The zero-order chi connectivity index (χ0) is 22.1. The Balaban J connectivity index is 1.73. The minimum Gasteiger partial charge on any atom is -0.368 e. The second-order valence-corrected chi connectivity index (χ2v) is 8.04. The predicted molar refractivity (Wildman–Crippen MR) is 112 cm³/mol. The summed E-state index contributed by atoms with van der Waals surface area (Å²) in [7, 11) is 3.08. The highest BCUT2D eigenvalue weighted by Gasteiger charge is 2.54. The van der Waals surface area contributed by atoms with Crippen LogP contribution in [-0.4, -0.2) is 49.7 Å². The maximum Gasteiger partial charge on any atom is 0.267 e. The Morgan fingerprint density at radius 1 is 1.30 bits per heavy atom. The molecule has 3 rings (SSSR count). The fourth-order valence-electron chi connectivity index (χ4n) is 4.48. The van der Waals surface area contributed by atoms with E-state index in [4.69, 9.17) is 17.3 Å². The molecule has 4 N–H and O–H groups in total. The van der Waals surface area contributed by atoms with Crippen LogP contribution >= 0.6 is 11.6 Å². The van der Waals surface area contributed by atoms with Crippen molar-refractivity contribution >= 4 is 40.7 Å². The molecule has 1 unspecified atom stereocenters. The lowest BCUT2D eigenvalue weighted by Gasteiger charge is -2.40. The van der Waals surface area contributed by atoms with Gasteiger partial charge in [0.05, 0.1) is 17.4 Å². The quantitative estimate of drug-likeness (QED) is 0.642. The zero-order valence-corrected chi connectivity index (χ0v) is 17.6. The number of halogens is 2. The number of nitrogens with two attached hydrogens (primary N) is 1. The number of nitrogens with one attached hydrogen (secondary N) is 2. The number of benzene rings is 1. The molecular weight excluding hydrogens is 413 g/mol. The molecule has 0 aromatic heterocycles. The number of carbonyl (C=O) groups excluding carboxylic acids is 3. The van der Waals surface area contributed by atoms with E-state index in [0.29, 0.717) is 31.4 Å². The summed E-state index contributed by atoms with van der Waals surface area (Å²) in [6, 6.07) is 3.89. The summed E-state index contributed by atoms with van der Waals surface area (Å²) in [5.41, 5.74) is 4.91. The molecule has 10 heteroatoms. The lowest BCUT2D eigenvalue weighted by atomic mass is 9.69. The highest BCUT2D eigenvalue weighted by atomic mass is 35.5. The Bertz CT molecular complexity index is 900. The molecule has 1 heterocycles. The summed E-state index contributed by atoms with van der Waals surface area (Å²) in [4.78, 5) is 43.2. The van der Waals surface area contributed by atoms with Crippen molar-refractivity contribution in [3.63, 3.8) is 0 Å². The van der Waals surface area contributed by atoms with Gasteiger partial charge in [-0.2, -0.15) is 0 Å². The number of anilines is 1. The number of hydrogen-bond acceptors (Lipinski definition) is 5. The third-order valence-corrected chi connectivity index (χ3v) is 6.39. The minimum atomic E-state index is -1.33. The van der Waals surface area contributed by atoms with E-state index in [9.17, 15) is 18.8 Å². The standard InChI is InChI=1S/C20H25ClFN5O3/c1-24-17(28)16-20(19(23)30,26-10-25-16)12-5-3-11(4-6-12)18(29)27(2)15-8-7-13(22)9-14(15)21/h7-9,11-12,26H,3-6,10H2,1-2H3,(H2,23,30)(H,24,28). The Morgan fingerprint density at radius 2 is 1.97 bits per heavy atom. The summed E-state index contributed by atoms with van der Waals surface area (Å²) in [5.74, 6) is -2.22. The predicted octanol–water partition coefficient (Wildman–Crippen LogP) is 1.22. The van der Waals surface area contributed by atoms with Gasteiger partial charge in [-0.15, -0.1) is 0 Å². The fraction of sp³-hybridized carbons (Fsp3) is 0.500. The van der Waals surface area contributed by atoms with Gasteiger partial charge >= 0.3 is 0 Å². The molecule has 0 saturated heterocycles. The van der Waals surface area contributed by atoms with Gasteiger partial charge in [0.1, 0.15) is 17.1 Å². The average molecular weight is 438 g/mol. The van der Waals surface area contributed by atoms with Crippen LogP contribution in [0.1, 0.15) is 25.7 Å². The number of primary amides is 1. The van der Waals surface area contributed by atoms with Crippen molar-refractivity contribution in [2.45, 2.75) is 31.2 Å². The summed E-state index contributed by atoms with van der Waals surface area (Å²) < 4.78 is 13.3. The van der Waals surface area contributed by atoms with Crippen molar-refractivity contribution < 1.29 is 18.8 Å². The first-order chi connectivity index (χ1) is 14.2. The molecule has 3 amide bonds. The van der Waals surface area contributed by atoms with Crippen molar-refractivity contribution in [2.24, 2.45) is 22.6 Å². The molecule has 1 fully saturated rings. The first-order valence-electron chi connectivity index (χ1n) is 9.77. The number of carbonyl (C=O) groups is 3. The van der Waals surface area contributed by atoms with Gasteiger partial charge in [0.25, 0.3) is 5.91 Å². The van der Waals surface area contributed by atoms with Gasteiger partial charge < -0.3 is 16.0 Å². The molecule has 1 aromatic rings. The number of amides is 3. The normalized spacial score (nSPS) is 26.1. The van der Waals surface area contributed by atoms with Crippen LogP contribution in [-0.2, 0) is 14.4 Å². The molecule has 1 atom stereocenters. The van der Waals surface area contributed by atoms with Gasteiger partial charge in [0.2, 0.25) is 11.8 Å². The van der Waals surface area contributed by atoms with Gasteiger partial charge in [0.15, 0.2) is 0 Å². The second-order valence-electron chi connectivity index (χ2n) is 7.63. The van der Waals surface area contributed by atoms with Crippen molar-refractivity contribution in [1.29, 1.82) is 0 Å².